The van der Waals surface area contributed by atoms with E-state index >= 15 is 0 Å². The molecule has 138 valence electrons. The first-order valence-corrected chi connectivity index (χ1v) is 10.1. The molecule has 0 saturated heterocycles. The molecule has 3 aromatic rings. The number of allylic oxidation sites excluding steroid dienone is 3. The largest absolute Gasteiger partial charge is 0.361 e. The Morgan fingerprint density at radius 2 is 1.96 bits per heavy atom. The second kappa shape index (κ2) is 6.35. The molecule has 0 aliphatic heterocycles. The van der Waals surface area contributed by atoms with Crippen LogP contribution in [0.1, 0.15) is 20.3 Å². The molecule has 0 radical (unpaired) electrons. The summed E-state index contributed by atoms with van der Waals surface area (Å²) in [7, 11) is -3.84. The van der Waals surface area contributed by atoms with Crippen LogP contribution in [0, 0.1) is 0 Å². The molecule has 7 heteroatoms. The number of benzene rings is 1. The van der Waals surface area contributed by atoms with Crippen molar-refractivity contribution in [2.45, 2.75) is 25.0 Å². The molecular weight excluding hydrogens is 360 g/mol. The average Bonchev–Trinajstić information content (AvgIpc) is 3.10. The van der Waals surface area contributed by atoms with Gasteiger partial charge in [-0.3, -0.25) is 0 Å². The lowest BCUT2D eigenvalue weighted by Gasteiger charge is -2.34. The molecule has 0 fully saturated rings. The minimum absolute atomic E-state index is 0.134. The lowest BCUT2D eigenvalue weighted by Crippen LogP contribution is -2.44. The van der Waals surface area contributed by atoms with Crippen LogP contribution < -0.4 is 4.31 Å². The lowest BCUT2D eigenvalue weighted by atomic mass is 9.96. The Bertz CT molecular complexity index is 1150. The number of anilines is 2. The van der Waals surface area contributed by atoms with Gasteiger partial charge in [0, 0.05) is 29.5 Å². The van der Waals surface area contributed by atoms with Crippen molar-refractivity contribution in [3.05, 3.63) is 72.7 Å². The van der Waals surface area contributed by atoms with Crippen molar-refractivity contribution in [3.8, 4) is 0 Å². The SMILES string of the molecule is CC1=CC=CC(C)(S(=O)(=O)N(c2ccc3[nH]ccc3c2)c2ncccn2)C1. The van der Waals surface area contributed by atoms with E-state index in [4.69, 9.17) is 0 Å². The first kappa shape index (κ1) is 17.5. The van der Waals surface area contributed by atoms with E-state index in [0.29, 0.717) is 12.1 Å². The first-order chi connectivity index (χ1) is 12.9. The highest BCUT2D eigenvalue weighted by atomic mass is 32.2. The first-order valence-electron chi connectivity index (χ1n) is 8.65. The monoisotopic (exact) mass is 380 g/mol. The number of nitrogens with one attached hydrogen (secondary N) is 1. The van der Waals surface area contributed by atoms with Gasteiger partial charge in [-0.1, -0.05) is 23.8 Å². The van der Waals surface area contributed by atoms with E-state index in [-0.39, 0.29) is 5.95 Å². The normalized spacial score (nSPS) is 19.9. The summed E-state index contributed by atoms with van der Waals surface area (Å²) in [6, 6.07) is 9.04. The number of nitrogens with zero attached hydrogens (tertiary/aromatic N) is 3. The molecule has 0 spiro atoms. The maximum Gasteiger partial charge on any atom is 0.251 e. The average molecular weight is 380 g/mol. The quantitative estimate of drug-likeness (QED) is 0.739. The summed E-state index contributed by atoms with van der Waals surface area (Å²) in [6.45, 7) is 3.67. The summed E-state index contributed by atoms with van der Waals surface area (Å²) in [4.78, 5) is 11.6. The van der Waals surface area contributed by atoms with Crippen molar-refractivity contribution in [1.29, 1.82) is 0 Å². The molecule has 27 heavy (non-hydrogen) atoms. The van der Waals surface area contributed by atoms with E-state index < -0.39 is 14.8 Å². The number of fused-ring (bicyclic) bond motifs is 1. The molecule has 2 aromatic heterocycles. The maximum atomic E-state index is 13.8. The second-order valence-corrected chi connectivity index (χ2v) is 9.18. The van der Waals surface area contributed by atoms with Crippen LogP contribution in [-0.2, 0) is 10.0 Å². The third-order valence-electron chi connectivity index (χ3n) is 4.79. The van der Waals surface area contributed by atoms with Gasteiger partial charge in [0.05, 0.1) is 5.69 Å². The summed E-state index contributed by atoms with van der Waals surface area (Å²) < 4.78 is 27.7. The predicted octanol–water partition coefficient (Wildman–Crippen LogP) is 4.09. The summed E-state index contributed by atoms with van der Waals surface area (Å²) >= 11 is 0. The highest BCUT2D eigenvalue weighted by Gasteiger charge is 2.44. The van der Waals surface area contributed by atoms with Crippen molar-refractivity contribution in [3.63, 3.8) is 0 Å². The number of aromatic amines is 1. The molecule has 0 amide bonds. The molecule has 4 rings (SSSR count). The van der Waals surface area contributed by atoms with Crippen molar-refractivity contribution >= 4 is 32.6 Å². The summed E-state index contributed by atoms with van der Waals surface area (Å²) in [6.07, 6.45) is 10.8. The molecule has 1 N–H and O–H groups in total. The maximum absolute atomic E-state index is 13.8. The fraction of sp³-hybridized carbons (Fsp3) is 0.200. The van der Waals surface area contributed by atoms with Crippen LogP contribution in [0.4, 0.5) is 11.6 Å². The van der Waals surface area contributed by atoms with Gasteiger partial charge >= 0.3 is 0 Å². The fourth-order valence-corrected chi connectivity index (χ4v) is 5.18. The third-order valence-corrected chi connectivity index (χ3v) is 7.11. The van der Waals surface area contributed by atoms with Gasteiger partial charge in [0.1, 0.15) is 4.75 Å². The van der Waals surface area contributed by atoms with E-state index in [1.165, 1.54) is 4.31 Å². The topological polar surface area (TPSA) is 79.0 Å². The Kier molecular flexibility index (Phi) is 4.11. The molecule has 0 saturated carbocycles. The Morgan fingerprint density at radius 3 is 2.70 bits per heavy atom. The summed E-state index contributed by atoms with van der Waals surface area (Å²) in [5.41, 5.74) is 2.46. The number of aromatic nitrogens is 3. The Balaban J connectivity index is 1.90. The van der Waals surface area contributed by atoms with Crippen LogP contribution in [0.15, 0.2) is 72.7 Å². The van der Waals surface area contributed by atoms with Gasteiger partial charge in [0.2, 0.25) is 5.95 Å². The van der Waals surface area contributed by atoms with Crippen LogP contribution >= 0.6 is 0 Å². The predicted molar refractivity (Wildman–Crippen MR) is 107 cm³/mol. The van der Waals surface area contributed by atoms with Crippen molar-refractivity contribution in [2.24, 2.45) is 0 Å². The zero-order chi connectivity index (χ0) is 19.1. The molecule has 1 aromatic carbocycles. The second-order valence-electron chi connectivity index (χ2n) is 6.93. The summed E-state index contributed by atoms with van der Waals surface area (Å²) in [5, 5.41) is 0.920. The van der Waals surface area contributed by atoms with Gasteiger partial charge in [-0.15, -0.1) is 0 Å². The third kappa shape index (κ3) is 2.94. The molecule has 1 aliphatic carbocycles. The molecule has 6 nitrogen and oxygen atoms in total. The fourth-order valence-electron chi connectivity index (χ4n) is 3.40. The van der Waals surface area contributed by atoms with E-state index in [9.17, 15) is 8.42 Å². The van der Waals surface area contributed by atoms with Crippen molar-refractivity contribution in [2.75, 3.05) is 4.31 Å². The highest BCUT2D eigenvalue weighted by molar-refractivity contribution is 7.94. The van der Waals surface area contributed by atoms with Crippen LogP contribution in [0.25, 0.3) is 10.9 Å². The lowest BCUT2D eigenvalue weighted by molar-refractivity contribution is 0.558. The molecular formula is C20H20N4O2S. The van der Waals surface area contributed by atoms with Gasteiger partial charge in [-0.25, -0.2) is 22.7 Å². The Labute approximate surface area is 158 Å². The highest BCUT2D eigenvalue weighted by Crippen LogP contribution is 2.38. The standard InChI is InChI=1S/C20H20N4O2S/c1-15-5-3-9-20(2,14-15)27(25,26)24(19-22-10-4-11-23-19)17-6-7-18-16(13-17)8-12-21-18/h3-13,21H,14H2,1-2H3. The molecule has 1 unspecified atom stereocenters. The van der Waals surface area contributed by atoms with Crippen molar-refractivity contribution < 1.29 is 8.42 Å². The van der Waals surface area contributed by atoms with Crippen LogP contribution in [0.3, 0.4) is 0 Å². The minimum atomic E-state index is -3.84. The number of sulfonamides is 1. The van der Waals surface area contributed by atoms with E-state index in [1.807, 2.05) is 37.4 Å². The van der Waals surface area contributed by atoms with Gasteiger partial charge in [-0.2, -0.15) is 0 Å². The molecule has 0 bridgehead atoms. The number of hydrogen-bond acceptors (Lipinski definition) is 4. The number of H-pyrrole nitrogens is 1. The Hall–Kier alpha value is -2.93. The molecule has 1 aliphatic rings. The minimum Gasteiger partial charge on any atom is -0.361 e. The van der Waals surface area contributed by atoms with Gasteiger partial charge in [0.25, 0.3) is 10.0 Å². The van der Waals surface area contributed by atoms with Gasteiger partial charge < -0.3 is 4.98 Å². The van der Waals surface area contributed by atoms with E-state index in [1.54, 1.807) is 43.6 Å². The molecule has 1 atom stereocenters. The zero-order valence-electron chi connectivity index (χ0n) is 15.1. The van der Waals surface area contributed by atoms with E-state index in [2.05, 4.69) is 15.0 Å². The van der Waals surface area contributed by atoms with Crippen LogP contribution in [0.5, 0.6) is 0 Å². The van der Waals surface area contributed by atoms with E-state index in [0.717, 1.165) is 16.5 Å². The van der Waals surface area contributed by atoms with Crippen LogP contribution in [0.2, 0.25) is 0 Å². The molecule has 2 heterocycles. The number of hydrogen-bond donors (Lipinski definition) is 1. The van der Waals surface area contributed by atoms with Gasteiger partial charge in [-0.05, 0) is 50.6 Å². The Morgan fingerprint density at radius 1 is 1.19 bits per heavy atom. The van der Waals surface area contributed by atoms with Gasteiger partial charge in [0.15, 0.2) is 0 Å². The summed E-state index contributed by atoms with van der Waals surface area (Å²) in [5.74, 6) is 0.134. The van der Waals surface area contributed by atoms with Crippen molar-refractivity contribution in [1.82, 2.24) is 15.0 Å². The number of rotatable bonds is 4. The smallest absolute Gasteiger partial charge is 0.251 e. The zero-order valence-corrected chi connectivity index (χ0v) is 15.9. The van der Waals surface area contributed by atoms with Crippen LogP contribution in [-0.4, -0.2) is 28.1 Å².